The summed E-state index contributed by atoms with van der Waals surface area (Å²) in [7, 11) is 0. The molecule has 3 heterocycles. The summed E-state index contributed by atoms with van der Waals surface area (Å²) in [5.41, 5.74) is 2.16. The third kappa shape index (κ3) is 4.03. The van der Waals surface area contributed by atoms with Crippen molar-refractivity contribution in [1.29, 1.82) is 0 Å². The predicted octanol–water partition coefficient (Wildman–Crippen LogP) is 3.63. The van der Waals surface area contributed by atoms with Gasteiger partial charge in [0.05, 0.1) is 0 Å². The van der Waals surface area contributed by atoms with Gasteiger partial charge >= 0.3 is 5.97 Å². The Labute approximate surface area is 162 Å². The van der Waals surface area contributed by atoms with E-state index in [1.54, 1.807) is 11.3 Å². The summed E-state index contributed by atoms with van der Waals surface area (Å²) in [4.78, 5) is 20.8. The Kier molecular flexibility index (Phi) is 5.48. The first-order valence-corrected chi connectivity index (χ1v) is 10.1. The van der Waals surface area contributed by atoms with Gasteiger partial charge in [0.15, 0.2) is 0 Å². The molecule has 1 fully saturated rings. The minimum atomic E-state index is -0.765. The van der Waals surface area contributed by atoms with Crippen molar-refractivity contribution in [2.45, 2.75) is 19.0 Å². The number of hydrogen-bond donors (Lipinski definition) is 1. The van der Waals surface area contributed by atoms with E-state index in [1.807, 2.05) is 48.1 Å². The molecule has 1 aromatic carbocycles. The number of carboxylic acids is 1. The zero-order valence-electron chi connectivity index (χ0n) is 15.1. The first kappa shape index (κ1) is 18.1. The molecule has 27 heavy (non-hydrogen) atoms. The topological polar surface area (TPSA) is 56.7 Å². The van der Waals surface area contributed by atoms with Gasteiger partial charge in [0.1, 0.15) is 6.04 Å². The summed E-state index contributed by atoms with van der Waals surface area (Å²) in [6.45, 7) is 4.28. The Bertz CT molecular complexity index is 912. The van der Waals surface area contributed by atoms with Crippen molar-refractivity contribution in [3.63, 3.8) is 0 Å². The number of pyridine rings is 1. The van der Waals surface area contributed by atoms with Gasteiger partial charge in [0, 0.05) is 43.3 Å². The highest BCUT2D eigenvalue weighted by Gasteiger charge is 2.30. The second-order valence-corrected chi connectivity index (χ2v) is 7.86. The van der Waals surface area contributed by atoms with E-state index in [9.17, 15) is 9.90 Å². The first-order valence-electron chi connectivity index (χ1n) is 9.26. The zero-order chi connectivity index (χ0) is 18.6. The summed E-state index contributed by atoms with van der Waals surface area (Å²) in [5, 5.41) is 13.2. The number of carbonyl (C=O) groups is 1. The minimum absolute atomic E-state index is 0.590. The summed E-state index contributed by atoms with van der Waals surface area (Å²) in [6.07, 6.45) is 4.61. The van der Waals surface area contributed by atoms with Crippen LogP contribution >= 0.6 is 11.3 Å². The van der Waals surface area contributed by atoms with Crippen LogP contribution in [0.1, 0.15) is 23.6 Å². The highest BCUT2D eigenvalue weighted by Crippen LogP contribution is 2.32. The van der Waals surface area contributed by atoms with Crippen molar-refractivity contribution in [1.82, 2.24) is 14.8 Å². The average Bonchev–Trinajstić information content (AvgIpc) is 3.05. The maximum Gasteiger partial charge on any atom is 0.325 e. The van der Waals surface area contributed by atoms with Crippen molar-refractivity contribution >= 4 is 27.4 Å². The smallest absolute Gasteiger partial charge is 0.325 e. The Morgan fingerprint density at radius 1 is 1.11 bits per heavy atom. The van der Waals surface area contributed by atoms with E-state index >= 15 is 0 Å². The maximum absolute atomic E-state index is 12.2. The largest absolute Gasteiger partial charge is 0.480 e. The number of rotatable bonds is 5. The molecule has 0 amide bonds. The molecular formula is C21H23N3O2S. The number of thiophene rings is 1. The lowest BCUT2D eigenvalue weighted by Gasteiger charge is -2.28. The van der Waals surface area contributed by atoms with Crippen molar-refractivity contribution in [2.24, 2.45) is 0 Å². The van der Waals surface area contributed by atoms with Gasteiger partial charge in [0.2, 0.25) is 0 Å². The second-order valence-electron chi connectivity index (χ2n) is 6.95. The molecule has 0 unspecified atom stereocenters. The summed E-state index contributed by atoms with van der Waals surface area (Å²) < 4.78 is 1.09. The van der Waals surface area contributed by atoms with Gasteiger partial charge in [-0.25, -0.2) is 0 Å². The van der Waals surface area contributed by atoms with Crippen LogP contribution in [0.3, 0.4) is 0 Å². The van der Waals surface area contributed by atoms with Gasteiger partial charge in [-0.3, -0.25) is 19.6 Å². The van der Waals surface area contributed by atoms with E-state index in [0.29, 0.717) is 0 Å². The van der Waals surface area contributed by atoms with Gasteiger partial charge in [-0.05, 0) is 53.1 Å². The molecule has 3 aromatic rings. The van der Waals surface area contributed by atoms with Crippen LogP contribution in [0.5, 0.6) is 0 Å². The van der Waals surface area contributed by atoms with Gasteiger partial charge in [-0.15, -0.1) is 11.3 Å². The lowest BCUT2D eigenvalue weighted by Crippen LogP contribution is -2.37. The third-order valence-corrected chi connectivity index (χ3v) is 6.16. The molecule has 140 valence electrons. The normalized spacial score (nSPS) is 17.6. The number of carboxylic acid groups (broad SMARTS) is 1. The third-order valence-electron chi connectivity index (χ3n) is 5.18. The fourth-order valence-corrected chi connectivity index (χ4v) is 4.81. The zero-order valence-corrected chi connectivity index (χ0v) is 15.9. The monoisotopic (exact) mass is 381 g/mol. The van der Waals surface area contributed by atoms with Gasteiger partial charge in [0.25, 0.3) is 0 Å². The quantitative estimate of drug-likeness (QED) is 0.731. The van der Waals surface area contributed by atoms with Crippen molar-refractivity contribution in [2.75, 3.05) is 26.2 Å². The fourth-order valence-electron chi connectivity index (χ4n) is 3.87. The first-order chi connectivity index (χ1) is 13.2. The Morgan fingerprint density at radius 3 is 2.78 bits per heavy atom. The number of benzene rings is 1. The number of hydrogen-bond acceptors (Lipinski definition) is 5. The second kappa shape index (κ2) is 8.17. The Morgan fingerprint density at radius 2 is 1.96 bits per heavy atom. The van der Waals surface area contributed by atoms with Crippen molar-refractivity contribution in [3.05, 3.63) is 65.3 Å². The van der Waals surface area contributed by atoms with E-state index in [0.717, 1.165) is 54.8 Å². The molecule has 1 saturated heterocycles. The van der Waals surface area contributed by atoms with Crippen LogP contribution in [0.15, 0.2) is 54.2 Å². The Hall–Kier alpha value is -2.28. The van der Waals surface area contributed by atoms with Crippen LogP contribution in [0.2, 0.25) is 0 Å². The number of nitrogens with zero attached hydrogens (tertiary/aromatic N) is 3. The van der Waals surface area contributed by atoms with Gasteiger partial charge in [-0.2, -0.15) is 0 Å². The molecule has 2 aromatic heterocycles. The average molecular weight is 382 g/mol. The van der Waals surface area contributed by atoms with Crippen LogP contribution in [-0.2, 0) is 11.3 Å². The number of aliphatic carboxylic acids is 1. The highest BCUT2D eigenvalue weighted by atomic mass is 32.1. The number of aromatic nitrogens is 1. The van der Waals surface area contributed by atoms with Crippen LogP contribution in [-0.4, -0.2) is 52.0 Å². The molecule has 1 aliphatic rings. The van der Waals surface area contributed by atoms with E-state index < -0.39 is 12.0 Å². The minimum Gasteiger partial charge on any atom is -0.480 e. The summed E-state index contributed by atoms with van der Waals surface area (Å²) in [5.74, 6) is -0.765. The molecule has 4 rings (SSSR count). The summed E-state index contributed by atoms with van der Waals surface area (Å²) in [6, 6.07) is 11.5. The molecule has 1 aliphatic heterocycles. The molecule has 0 spiro atoms. The molecule has 0 bridgehead atoms. The van der Waals surface area contributed by atoms with Crippen LogP contribution in [0, 0.1) is 0 Å². The molecule has 6 heteroatoms. The van der Waals surface area contributed by atoms with Crippen LogP contribution < -0.4 is 0 Å². The highest BCUT2D eigenvalue weighted by molar-refractivity contribution is 7.17. The summed E-state index contributed by atoms with van der Waals surface area (Å²) >= 11 is 1.62. The lowest BCUT2D eigenvalue weighted by atomic mass is 10.0. The van der Waals surface area contributed by atoms with E-state index in [-0.39, 0.29) is 0 Å². The van der Waals surface area contributed by atoms with Crippen LogP contribution in [0.25, 0.3) is 10.1 Å². The van der Waals surface area contributed by atoms with Crippen LogP contribution in [0.4, 0.5) is 0 Å². The van der Waals surface area contributed by atoms with E-state index in [4.69, 9.17) is 0 Å². The Balaban J connectivity index is 1.52. The van der Waals surface area contributed by atoms with E-state index in [1.165, 1.54) is 5.56 Å². The molecule has 0 saturated carbocycles. The predicted molar refractivity (Wildman–Crippen MR) is 108 cm³/mol. The molecule has 0 radical (unpaired) electrons. The SMILES string of the molecule is O=C(O)[C@@H](c1cccc2ccsc12)N1CCCN(Cc2ccncc2)CC1. The molecule has 1 N–H and O–H groups in total. The number of fused-ring (bicyclic) bond motifs is 1. The maximum atomic E-state index is 12.2. The van der Waals surface area contributed by atoms with Crippen molar-refractivity contribution < 1.29 is 9.90 Å². The fraction of sp³-hybridized carbons (Fsp3) is 0.333. The molecule has 5 nitrogen and oxygen atoms in total. The van der Waals surface area contributed by atoms with Gasteiger partial charge < -0.3 is 5.11 Å². The lowest BCUT2D eigenvalue weighted by molar-refractivity contribution is -0.143. The molecule has 1 atom stereocenters. The van der Waals surface area contributed by atoms with Crippen molar-refractivity contribution in [3.8, 4) is 0 Å². The van der Waals surface area contributed by atoms with E-state index in [2.05, 4.69) is 20.9 Å². The van der Waals surface area contributed by atoms with Gasteiger partial charge in [-0.1, -0.05) is 18.2 Å². The molecule has 0 aliphatic carbocycles. The molecular weight excluding hydrogens is 358 g/mol. The standard InChI is InChI=1S/C21H23N3O2S/c25-21(26)19(18-4-1-3-17-7-14-27-20(17)18)24-11-2-10-23(12-13-24)15-16-5-8-22-9-6-16/h1,3-9,14,19H,2,10-13,15H2,(H,25,26)/t19-/m1/s1.